The number of carbonyl (C=O) groups is 1. The third kappa shape index (κ3) is 8.03. The van der Waals surface area contributed by atoms with Crippen molar-refractivity contribution >= 4 is 51.3 Å². The normalized spacial score (nSPS) is 11.7. The quantitative estimate of drug-likeness (QED) is 0.211. The predicted octanol–water partition coefficient (Wildman–Crippen LogP) is 4.83. The van der Waals surface area contributed by atoms with Gasteiger partial charge in [0.15, 0.2) is 11.6 Å². The van der Waals surface area contributed by atoms with Gasteiger partial charge in [-0.25, -0.2) is 9.18 Å². The fraction of sp³-hybridized carbons (Fsp3) is 0.357. The molecule has 1 rings (SSSR count). The predicted molar refractivity (Wildman–Crippen MR) is 90.3 cm³/mol. The number of hydrogen-bond acceptors (Lipinski definition) is 3. The zero-order valence-electron chi connectivity index (χ0n) is 12.0. The molecule has 0 atom stereocenters. The summed E-state index contributed by atoms with van der Waals surface area (Å²) in [4.78, 5) is 11.0. The first kappa shape index (κ1) is 19.3. The van der Waals surface area contributed by atoms with E-state index in [2.05, 4.69) is 4.74 Å². The van der Waals surface area contributed by atoms with E-state index in [1.165, 1.54) is 37.5 Å². The van der Waals surface area contributed by atoms with Gasteiger partial charge in [0.2, 0.25) is 0 Å². The molecule has 0 fully saturated rings. The molecule has 1 aromatic carbocycles. The van der Waals surface area contributed by atoms with E-state index in [-0.39, 0.29) is 5.75 Å². The lowest BCUT2D eigenvalue weighted by Gasteiger charge is -2.09. The van der Waals surface area contributed by atoms with Crippen LogP contribution in [0, 0.1) is 5.82 Å². The highest BCUT2D eigenvalue weighted by Crippen LogP contribution is 2.27. The van der Waals surface area contributed by atoms with Crippen LogP contribution < -0.4 is 4.74 Å². The van der Waals surface area contributed by atoms with Crippen molar-refractivity contribution in [3.8, 4) is 5.75 Å². The monoisotopic (exact) mass is 384 g/mol. The minimum absolute atomic E-state index is 0.123. The molecule has 0 aliphatic rings. The Balaban J connectivity index is 2.52. The summed E-state index contributed by atoms with van der Waals surface area (Å²) in [6.07, 6.45) is 4.16. The maximum absolute atomic E-state index is 13.6. The minimum atomic E-state index is -2.60. The highest BCUT2D eigenvalue weighted by atomic mass is 35.8. The zero-order valence-corrected chi connectivity index (χ0v) is 15.2. The summed E-state index contributed by atoms with van der Waals surface area (Å²) in [5.41, 5.74) is 0.635. The Morgan fingerprint density at radius 2 is 2.05 bits per heavy atom. The Kier molecular flexibility index (Phi) is 8.24. The van der Waals surface area contributed by atoms with Crippen LogP contribution >= 0.6 is 33.2 Å². The van der Waals surface area contributed by atoms with Crippen LogP contribution in [0.2, 0.25) is 6.04 Å². The van der Waals surface area contributed by atoms with Crippen LogP contribution in [-0.2, 0) is 9.53 Å². The molecule has 1 aromatic rings. The molecule has 0 aromatic heterocycles. The smallest absolute Gasteiger partial charge is 0.341 e. The van der Waals surface area contributed by atoms with Crippen LogP contribution in [0.25, 0.3) is 6.08 Å². The molecule has 8 heteroatoms. The maximum Gasteiger partial charge on any atom is 0.341 e. The Morgan fingerprint density at radius 1 is 1.32 bits per heavy atom. The first-order valence-electron chi connectivity index (χ1n) is 6.57. The van der Waals surface area contributed by atoms with Gasteiger partial charge >= 0.3 is 12.0 Å². The van der Waals surface area contributed by atoms with Crippen molar-refractivity contribution in [1.29, 1.82) is 0 Å². The summed E-state index contributed by atoms with van der Waals surface area (Å²) in [5, 5.41) is 0. The molecular formula is C14H16Cl3FO3Si. The van der Waals surface area contributed by atoms with Crippen LogP contribution in [0.1, 0.15) is 18.4 Å². The standard InChI is InChI=1S/C14H16Cl3FO3Si/c1-20-14(19)7-5-11-4-6-12(18)13(10-11)21-8-2-3-9-22(15,16)17/h4-7,10H,2-3,8-9H2,1H3. The number of hydrogen-bond donors (Lipinski definition) is 0. The van der Waals surface area contributed by atoms with Gasteiger partial charge in [-0.1, -0.05) is 6.07 Å². The van der Waals surface area contributed by atoms with Crippen molar-refractivity contribution < 1.29 is 18.7 Å². The SMILES string of the molecule is COC(=O)C=Cc1ccc(F)c(OCCCC[Si](Cl)(Cl)Cl)c1. The van der Waals surface area contributed by atoms with E-state index in [1.807, 2.05) is 0 Å². The molecule has 0 radical (unpaired) electrons. The molecule has 0 heterocycles. The number of methoxy groups -OCH3 is 1. The summed E-state index contributed by atoms with van der Waals surface area (Å²) in [6.45, 7) is 0.330. The van der Waals surface area contributed by atoms with Gasteiger partial charge in [0.1, 0.15) is 0 Å². The van der Waals surface area contributed by atoms with Crippen LogP contribution in [0.5, 0.6) is 5.75 Å². The second-order valence-corrected chi connectivity index (χ2v) is 13.7. The van der Waals surface area contributed by atoms with E-state index >= 15 is 0 Å². The lowest BCUT2D eigenvalue weighted by Crippen LogP contribution is -2.09. The molecule has 0 aliphatic heterocycles. The van der Waals surface area contributed by atoms with E-state index in [0.717, 1.165) is 0 Å². The Bertz CT molecular complexity index is 533. The molecule has 0 N–H and O–H groups in total. The van der Waals surface area contributed by atoms with Crippen molar-refractivity contribution in [2.24, 2.45) is 0 Å². The molecule has 0 saturated carbocycles. The van der Waals surface area contributed by atoms with Gasteiger partial charge in [-0.05, 0) is 42.7 Å². The molecule has 0 amide bonds. The molecule has 122 valence electrons. The average molecular weight is 386 g/mol. The number of halogens is 4. The van der Waals surface area contributed by atoms with Crippen LogP contribution in [0.4, 0.5) is 4.39 Å². The fourth-order valence-electron chi connectivity index (χ4n) is 1.58. The third-order valence-corrected chi connectivity index (χ3v) is 5.30. The number of unbranched alkanes of at least 4 members (excludes halogenated alkanes) is 1. The number of benzene rings is 1. The van der Waals surface area contributed by atoms with Crippen molar-refractivity contribution in [3.05, 3.63) is 35.7 Å². The molecule has 3 nitrogen and oxygen atoms in total. The van der Waals surface area contributed by atoms with Crippen LogP contribution in [0.3, 0.4) is 0 Å². The topological polar surface area (TPSA) is 35.5 Å². The molecule has 0 unspecified atom stereocenters. The van der Waals surface area contributed by atoms with Crippen molar-refractivity contribution in [2.75, 3.05) is 13.7 Å². The summed E-state index contributed by atoms with van der Waals surface area (Å²) in [7, 11) is 1.28. The Morgan fingerprint density at radius 3 is 2.68 bits per heavy atom. The van der Waals surface area contributed by atoms with Crippen LogP contribution in [0.15, 0.2) is 24.3 Å². The summed E-state index contributed by atoms with van der Waals surface area (Å²) >= 11 is 17.3. The maximum atomic E-state index is 13.6. The van der Waals surface area contributed by atoms with Crippen molar-refractivity contribution in [3.63, 3.8) is 0 Å². The molecule has 0 spiro atoms. The first-order chi connectivity index (χ1) is 10.3. The number of esters is 1. The lowest BCUT2D eigenvalue weighted by atomic mass is 10.2. The van der Waals surface area contributed by atoms with Gasteiger partial charge in [-0.3, -0.25) is 0 Å². The summed E-state index contributed by atoms with van der Waals surface area (Å²) in [5.74, 6) is -0.827. The summed E-state index contributed by atoms with van der Waals surface area (Å²) < 4.78 is 23.5. The molecule has 0 saturated heterocycles. The minimum Gasteiger partial charge on any atom is -0.490 e. The largest absolute Gasteiger partial charge is 0.490 e. The van der Waals surface area contributed by atoms with E-state index in [9.17, 15) is 9.18 Å². The first-order valence-corrected chi connectivity index (χ1v) is 11.8. The molecule has 0 aliphatic carbocycles. The van der Waals surface area contributed by atoms with Gasteiger partial charge in [-0.15, -0.1) is 33.2 Å². The Labute approximate surface area is 144 Å². The van der Waals surface area contributed by atoms with Gasteiger partial charge in [0.05, 0.1) is 13.7 Å². The lowest BCUT2D eigenvalue weighted by molar-refractivity contribution is -0.134. The molecule has 0 bridgehead atoms. The highest BCUT2D eigenvalue weighted by molar-refractivity contribution is 7.64. The average Bonchev–Trinajstić information content (AvgIpc) is 2.45. The van der Waals surface area contributed by atoms with Gasteiger partial charge in [0, 0.05) is 6.08 Å². The highest BCUT2D eigenvalue weighted by Gasteiger charge is 2.23. The van der Waals surface area contributed by atoms with Crippen molar-refractivity contribution in [1.82, 2.24) is 0 Å². The number of ether oxygens (including phenoxy) is 2. The zero-order chi connectivity index (χ0) is 16.6. The van der Waals surface area contributed by atoms with Crippen LogP contribution in [-0.4, -0.2) is 25.7 Å². The fourth-order valence-corrected chi connectivity index (χ4v) is 3.43. The van der Waals surface area contributed by atoms with Gasteiger partial charge < -0.3 is 9.47 Å². The Hall–Kier alpha value is -0.753. The second-order valence-electron chi connectivity index (χ2n) is 4.47. The summed E-state index contributed by atoms with van der Waals surface area (Å²) in [6, 6.07) is 2.28. The number of carbonyl (C=O) groups excluding carboxylic acids is 1. The molecular weight excluding hydrogens is 370 g/mol. The van der Waals surface area contributed by atoms with E-state index in [4.69, 9.17) is 38.0 Å². The second kappa shape index (κ2) is 9.40. The molecule has 22 heavy (non-hydrogen) atoms. The van der Waals surface area contributed by atoms with Crippen molar-refractivity contribution in [2.45, 2.75) is 18.9 Å². The third-order valence-electron chi connectivity index (χ3n) is 2.68. The van der Waals surface area contributed by atoms with Gasteiger partial charge in [-0.2, -0.15) is 0 Å². The van der Waals surface area contributed by atoms with E-state index in [1.54, 1.807) is 0 Å². The van der Waals surface area contributed by atoms with E-state index < -0.39 is 17.8 Å². The van der Waals surface area contributed by atoms with Gasteiger partial charge in [0.25, 0.3) is 0 Å². The van der Waals surface area contributed by atoms with E-state index in [0.29, 0.717) is 31.1 Å². The number of rotatable bonds is 8.